The molecule has 0 saturated heterocycles. The van der Waals surface area contributed by atoms with Crippen LogP contribution in [0.1, 0.15) is 30.2 Å². The van der Waals surface area contributed by atoms with E-state index in [4.69, 9.17) is 0 Å². The molecule has 0 amide bonds. The maximum atomic E-state index is 9.89. The lowest BCUT2D eigenvalue weighted by Gasteiger charge is -2.19. The van der Waals surface area contributed by atoms with Gasteiger partial charge in [-0.1, -0.05) is 11.3 Å². The second kappa shape index (κ2) is 3.98. The highest BCUT2D eigenvalue weighted by Gasteiger charge is 2.22. The minimum atomic E-state index is -0.298. The van der Waals surface area contributed by atoms with Gasteiger partial charge in [-0.3, -0.25) is 4.57 Å². The fraction of sp³-hybridized carbons (Fsp3) is 0.364. The molecule has 0 radical (unpaired) electrons. The number of aliphatic hydroxyl groups excluding tert-OH is 1. The zero-order valence-electron chi connectivity index (χ0n) is 8.56. The molecule has 0 aliphatic heterocycles. The summed E-state index contributed by atoms with van der Waals surface area (Å²) in [5.41, 5.74) is 2.28. The van der Waals surface area contributed by atoms with Crippen molar-refractivity contribution in [3.05, 3.63) is 33.5 Å². The molecule has 1 unspecified atom stereocenters. The largest absolute Gasteiger partial charge is 0.388 e. The highest BCUT2D eigenvalue weighted by atomic mass is 79.9. The molecule has 1 aliphatic carbocycles. The van der Waals surface area contributed by atoms with Gasteiger partial charge in [-0.25, -0.2) is 4.98 Å². The number of aliphatic hydroxyl groups is 1. The van der Waals surface area contributed by atoms with Gasteiger partial charge >= 0.3 is 0 Å². The van der Waals surface area contributed by atoms with Crippen LogP contribution in [0.2, 0.25) is 0 Å². The van der Waals surface area contributed by atoms with E-state index in [0.29, 0.717) is 0 Å². The van der Waals surface area contributed by atoms with Crippen molar-refractivity contribution in [2.75, 3.05) is 0 Å². The monoisotopic (exact) mass is 298 g/mol. The number of aromatic nitrogens is 2. The zero-order valence-corrected chi connectivity index (χ0v) is 11.0. The topological polar surface area (TPSA) is 38.0 Å². The molecule has 1 atom stereocenters. The van der Waals surface area contributed by atoms with E-state index in [2.05, 4.69) is 25.5 Å². The molecule has 0 spiro atoms. The predicted octanol–water partition coefficient (Wildman–Crippen LogP) is 3.07. The normalized spacial score (nSPS) is 19.8. The lowest BCUT2D eigenvalue weighted by molar-refractivity contribution is 0.156. The van der Waals surface area contributed by atoms with Crippen LogP contribution in [0.25, 0.3) is 5.13 Å². The first-order valence-corrected chi connectivity index (χ1v) is 6.86. The second-order valence-corrected chi connectivity index (χ2v) is 6.33. The van der Waals surface area contributed by atoms with E-state index in [1.165, 1.54) is 5.69 Å². The van der Waals surface area contributed by atoms with Gasteiger partial charge in [0.1, 0.15) is 0 Å². The zero-order chi connectivity index (χ0) is 11.1. The van der Waals surface area contributed by atoms with Crippen LogP contribution in [0, 0.1) is 0 Å². The molecule has 3 nitrogen and oxygen atoms in total. The number of hydrogen-bond acceptors (Lipinski definition) is 3. The fourth-order valence-electron chi connectivity index (χ4n) is 2.20. The van der Waals surface area contributed by atoms with Gasteiger partial charge in [0.2, 0.25) is 0 Å². The van der Waals surface area contributed by atoms with Gasteiger partial charge in [0.15, 0.2) is 5.13 Å². The van der Waals surface area contributed by atoms with Crippen LogP contribution >= 0.6 is 27.3 Å². The lowest BCUT2D eigenvalue weighted by Crippen LogP contribution is -2.10. The Labute approximate surface area is 106 Å². The van der Waals surface area contributed by atoms with Crippen molar-refractivity contribution in [3.8, 4) is 5.13 Å². The molecular formula is C11H11BrN2OS. The summed E-state index contributed by atoms with van der Waals surface area (Å²) in [5, 5.41) is 10.8. The minimum absolute atomic E-state index is 0.298. The molecule has 0 bridgehead atoms. The maximum absolute atomic E-state index is 9.89. The molecule has 0 fully saturated rings. The van der Waals surface area contributed by atoms with Crippen LogP contribution in [0.3, 0.4) is 0 Å². The predicted molar refractivity (Wildman–Crippen MR) is 67.0 cm³/mol. The Morgan fingerprint density at radius 3 is 3.19 bits per heavy atom. The third-order valence-electron chi connectivity index (χ3n) is 2.95. The maximum Gasteiger partial charge on any atom is 0.194 e. The molecule has 0 aromatic carbocycles. The molecule has 1 aliphatic rings. The average molecular weight is 299 g/mol. The third kappa shape index (κ3) is 1.63. The van der Waals surface area contributed by atoms with E-state index in [1.807, 2.05) is 18.5 Å². The van der Waals surface area contributed by atoms with Crippen LogP contribution in [0.5, 0.6) is 0 Å². The second-order valence-electron chi connectivity index (χ2n) is 3.94. The summed E-state index contributed by atoms with van der Waals surface area (Å²) < 4.78 is 3.12. The van der Waals surface area contributed by atoms with E-state index >= 15 is 0 Å². The molecule has 3 rings (SSSR count). The van der Waals surface area contributed by atoms with Crippen molar-refractivity contribution < 1.29 is 5.11 Å². The van der Waals surface area contributed by atoms with Gasteiger partial charge < -0.3 is 5.11 Å². The smallest absolute Gasteiger partial charge is 0.194 e. The van der Waals surface area contributed by atoms with Gasteiger partial charge in [-0.2, -0.15) is 0 Å². The minimum Gasteiger partial charge on any atom is -0.388 e. The average Bonchev–Trinajstić information content (AvgIpc) is 2.84. The van der Waals surface area contributed by atoms with Crippen molar-refractivity contribution in [2.24, 2.45) is 0 Å². The van der Waals surface area contributed by atoms with Crippen LogP contribution < -0.4 is 0 Å². The quantitative estimate of drug-likeness (QED) is 0.879. The molecule has 5 heteroatoms. The van der Waals surface area contributed by atoms with Crippen molar-refractivity contribution in [2.45, 2.75) is 25.4 Å². The first-order valence-electron chi connectivity index (χ1n) is 5.25. The van der Waals surface area contributed by atoms with Crippen LogP contribution in [0.15, 0.2) is 22.2 Å². The summed E-state index contributed by atoms with van der Waals surface area (Å²) in [5.74, 6) is 0. The van der Waals surface area contributed by atoms with Gasteiger partial charge in [0.25, 0.3) is 0 Å². The van der Waals surface area contributed by atoms with Crippen molar-refractivity contribution in [1.82, 2.24) is 9.55 Å². The molecule has 1 N–H and O–H groups in total. The Balaban J connectivity index is 2.09. The molecule has 16 heavy (non-hydrogen) atoms. The first-order chi connectivity index (χ1) is 7.75. The number of hydrogen-bond donors (Lipinski definition) is 1. The van der Waals surface area contributed by atoms with Crippen molar-refractivity contribution in [1.29, 1.82) is 0 Å². The summed E-state index contributed by atoms with van der Waals surface area (Å²) in [6, 6.07) is 2.01. The summed E-state index contributed by atoms with van der Waals surface area (Å²) >= 11 is 5.03. The standard InChI is InChI=1S/C11H11BrN2OS/c12-10-6-13-11(16-10)14-5-4-7-8(14)2-1-3-9(7)15/h4-6,9,15H,1-3H2. The Morgan fingerprint density at radius 2 is 2.44 bits per heavy atom. The Hall–Kier alpha value is -0.650. The van der Waals surface area contributed by atoms with E-state index in [-0.39, 0.29) is 6.10 Å². The number of rotatable bonds is 1. The van der Waals surface area contributed by atoms with Gasteiger partial charge in [-0.05, 0) is 41.3 Å². The Bertz CT molecular complexity index is 520. The number of thiazole rings is 1. The van der Waals surface area contributed by atoms with Gasteiger partial charge in [0, 0.05) is 17.5 Å². The number of fused-ring (bicyclic) bond motifs is 1. The first kappa shape index (κ1) is 10.5. The summed E-state index contributed by atoms with van der Waals surface area (Å²) in [7, 11) is 0. The lowest BCUT2D eigenvalue weighted by atomic mass is 9.95. The molecule has 2 aromatic heterocycles. The van der Waals surface area contributed by atoms with Gasteiger partial charge in [-0.15, -0.1) is 0 Å². The number of nitrogens with zero attached hydrogens (tertiary/aromatic N) is 2. The summed E-state index contributed by atoms with van der Waals surface area (Å²) in [6.45, 7) is 0. The van der Waals surface area contributed by atoms with Crippen LogP contribution in [0.4, 0.5) is 0 Å². The van der Waals surface area contributed by atoms with E-state index in [9.17, 15) is 5.11 Å². The van der Waals surface area contributed by atoms with Crippen LogP contribution in [-0.4, -0.2) is 14.7 Å². The Kier molecular flexibility index (Phi) is 2.61. The van der Waals surface area contributed by atoms with Crippen molar-refractivity contribution in [3.63, 3.8) is 0 Å². The van der Waals surface area contributed by atoms with E-state index in [0.717, 1.165) is 33.7 Å². The van der Waals surface area contributed by atoms with E-state index in [1.54, 1.807) is 11.3 Å². The molecular weight excluding hydrogens is 288 g/mol. The van der Waals surface area contributed by atoms with Gasteiger partial charge in [0.05, 0.1) is 16.1 Å². The van der Waals surface area contributed by atoms with Crippen molar-refractivity contribution >= 4 is 27.3 Å². The van der Waals surface area contributed by atoms with E-state index < -0.39 is 0 Å². The SMILES string of the molecule is OC1CCCc2c1ccn2-c1ncc(Br)s1. The molecule has 2 heterocycles. The number of halogens is 1. The molecule has 2 aromatic rings. The fourth-order valence-corrected chi connectivity index (χ4v) is 3.39. The third-order valence-corrected chi connectivity index (χ3v) is 4.42. The highest BCUT2D eigenvalue weighted by molar-refractivity contribution is 9.11. The molecule has 0 saturated carbocycles. The summed E-state index contributed by atoms with van der Waals surface area (Å²) in [4.78, 5) is 4.34. The highest BCUT2D eigenvalue weighted by Crippen LogP contribution is 2.33. The molecule has 84 valence electrons. The van der Waals surface area contributed by atoms with Crippen LogP contribution in [-0.2, 0) is 6.42 Å². The Morgan fingerprint density at radius 1 is 1.56 bits per heavy atom. The summed E-state index contributed by atoms with van der Waals surface area (Å²) in [6.07, 6.45) is 6.46.